The van der Waals surface area contributed by atoms with Crippen LogP contribution in [0.4, 0.5) is 35.9 Å². The molecule has 4 rings (SSSR count). The van der Waals surface area contributed by atoms with Gasteiger partial charge in [-0.3, -0.25) is 27.9 Å². The van der Waals surface area contributed by atoms with Gasteiger partial charge >= 0.3 is 47.9 Å². The van der Waals surface area contributed by atoms with Gasteiger partial charge in [-0.25, -0.2) is 28.8 Å². The zero-order chi connectivity index (χ0) is 54.0. The molecule has 2 heterocycles. The lowest BCUT2D eigenvalue weighted by atomic mass is 10.00. The van der Waals surface area contributed by atoms with Crippen LogP contribution in [0.3, 0.4) is 0 Å². The summed E-state index contributed by atoms with van der Waals surface area (Å²) in [7, 11) is 6.57. The number of nitrogens with zero attached hydrogens (tertiary/aromatic N) is 4. The molecule has 4 aromatic rings. The number of ether oxygens (including phenoxy) is 4. The van der Waals surface area contributed by atoms with E-state index in [0.29, 0.717) is 30.3 Å². The number of amides is 2. The maximum atomic E-state index is 13.7. The number of halogens is 8. The fourth-order valence-corrected chi connectivity index (χ4v) is 7.41. The molecule has 0 spiro atoms. The summed E-state index contributed by atoms with van der Waals surface area (Å²) < 4.78 is 101. The molecule has 0 fully saturated rings. The quantitative estimate of drug-likeness (QED) is 0.0856. The highest BCUT2D eigenvalue weighted by atomic mass is 127. The normalized spacial score (nSPS) is 12.5. The van der Waals surface area contributed by atoms with Crippen LogP contribution in [0.2, 0.25) is 0 Å². The Morgan fingerprint density at radius 2 is 0.900 bits per heavy atom. The summed E-state index contributed by atoms with van der Waals surface area (Å²) in [6.07, 6.45) is -10.8. The smallest absolute Gasteiger partial charge is 0.432 e. The summed E-state index contributed by atoms with van der Waals surface area (Å²) in [5.41, 5.74) is -7.48. The number of aromatic nitrogens is 4. The lowest BCUT2D eigenvalue weighted by molar-refractivity contribution is -0.145. The van der Waals surface area contributed by atoms with Crippen molar-refractivity contribution in [3.05, 3.63) is 120 Å². The number of carbonyl (C=O) groups is 4. The van der Waals surface area contributed by atoms with Crippen molar-refractivity contribution >= 4 is 69.3 Å². The van der Waals surface area contributed by atoms with Crippen LogP contribution in [-0.2, 0) is 81.9 Å². The molecule has 0 saturated heterocycles. The zero-order valence-electron chi connectivity index (χ0n) is 39.9. The van der Waals surface area contributed by atoms with Crippen molar-refractivity contribution in [3.8, 4) is 11.1 Å². The van der Waals surface area contributed by atoms with Crippen molar-refractivity contribution in [2.24, 2.45) is 28.2 Å². The highest BCUT2D eigenvalue weighted by molar-refractivity contribution is 14.1. The molecule has 0 bridgehead atoms. The molecule has 2 aromatic heterocycles. The average Bonchev–Trinajstić information content (AvgIpc) is 3.23. The lowest BCUT2D eigenvalue weighted by Gasteiger charge is -2.22. The van der Waals surface area contributed by atoms with Crippen molar-refractivity contribution in [2.75, 3.05) is 14.2 Å². The third-order valence-electron chi connectivity index (χ3n) is 9.20. The Morgan fingerprint density at radius 3 is 1.24 bits per heavy atom. The van der Waals surface area contributed by atoms with Crippen LogP contribution in [0.5, 0.6) is 0 Å². The molecule has 0 aliphatic carbocycles. The second-order valence-corrected chi connectivity index (χ2v) is 19.3. The Hall–Kier alpha value is -5.68. The molecule has 0 aliphatic heterocycles. The summed E-state index contributed by atoms with van der Waals surface area (Å²) in [5, 5.41) is 4.95. The molecule has 2 aromatic carbocycles. The first-order valence-electron chi connectivity index (χ1n) is 20.3. The molecular weight excluding hydrogens is 1170 g/mol. The molecule has 2 unspecified atom stereocenters. The Kier molecular flexibility index (Phi) is 21.1. The number of methoxy groups -OCH3 is 2. The van der Waals surface area contributed by atoms with Crippen LogP contribution in [0.25, 0.3) is 11.1 Å². The summed E-state index contributed by atoms with van der Waals surface area (Å²) >= 11 is 3.49. The molecule has 2 atom stereocenters. The van der Waals surface area contributed by atoms with E-state index in [1.807, 2.05) is 24.3 Å². The number of esters is 2. The van der Waals surface area contributed by atoms with Gasteiger partial charge in [-0.2, -0.15) is 26.3 Å². The van der Waals surface area contributed by atoms with Gasteiger partial charge in [0.15, 0.2) is 0 Å². The molecule has 0 saturated carbocycles. The summed E-state index contributed by atoms with van der Waals surface area (Å²) in [6, 6.07) is 11.2. The van der Waals surface area contributed by atoms with E-state index in [-0.39, 0.29) is 12.0 Å². The van der Waals surface area contributed by atoms with Gasteiger partial charge in [-0.1, -0.05) is 36.4 Å². The monoisotopic (exact) mass is 1220 g/mol. The maximum Gasteiger partial charge on any atom is 0.432 e. The first-order valence-corrected chi connectivity index (χ1v) is 22.5. The van der Waals surface area contributed by atoms with E-state index in [0.717, 1.165) is 44.4 Å². The number of rotatable bonds is 9. The van der Waals surface area contributed by atoms with Gasteiger partial charge in [0.2, 0.25) is 0 Å². The maximum absolute atomic E-state index is 13.7. The molecule has 0 aliphatic rings. The van der Waals surface area contributed by atoms with Crippen molar-refractivity contribution in [1.29, 1.82) is 0 Å². The minimum absolute atomic E-state index is 0.0520. The Balaban J connectivity index is 0.000000396. The highest BCUT2D eigenvalue weighted by Gasteiger charge is 2.40. The fourth-order valence-electron chi connectivity index (χ4n) is 6.02. The number of alkyl carbamates (subject to hydrolysis) is 2. The third kappa shape index (κ3) is 17.3. The fraction of sp³-hybridized carbons (Fsp3) is 0.455. The van der Waals surface area contributed by atoms with E-state index < -0.39 is 103 Å². The number of alkyl halides is 6. The molecule has 70 heavy (non-hydrogen) atoms. The Bertz CT molecular complexity index is 2740. The Morgan fingerprint density at radius 1 is 0.557 bits per heavy atom. The Labute approximate surface area is 423 Å². The molecule has 0 radical (unpaired) electrons. The first kappa shape index (κ1) is 60.4. The second-order valence-electron chi connectivity index (χ2n) is 17.0. The van der Waals surface area contributed by atoms with E-state index in [9.17, 15) is 64.7 Å². The molecule has 18 nitrogen and oxygen atoms in total. The van der Waals surface area contributed by atoms with Crippen LogP contribution in [0, 0.1) is 7.14 Å². The van der Waals surface area contributed by atoms with E-state index in [1.165, 1.54) is 54.0 Å². The molecule has 2 N–H and O–H groups in total. The molecular formula is C44H52F6I2N6O12. The molecule has 386 valence electrons. The van der Waals surface area contributed by atoms with Crippen molar-refractivity contribution in [1.82, 2.24) is 28.9 Å². The summed E-state index contributed by atoms with van der Waals surface area (Å²) in [5.74, 6) is -1.25. The molecule has 2 amide bonds. The van der Waals surface area contributed by atoms with E-state index in [2.05, 4.69) is 33.2 Å². The van der Waals surface area contributed by atoms with Crippen LogP contribution in [0.15, 0.2) is 67.7 Å². The van der Waals surface area contributed by atoms with E-state index in [1.54, 1.807) is 41.5 Å². The number of benzene rings is 2. The highest BCUT2D eigenvalue weighted by Crippen LogP contribution is 2.34. The second kappa shape index (κ2) is 24.4. The summed E-state index contributed by atoms with van der Waals surface area (Å²) in [4.78, 5) is 94.8. The predicted molar refractivity (Wildman–Crippen MR) is 259 cm³/mol. The van der Waals surface area contributed by atoms with Gasteiger partial charge < -0.3 is 29.6 Å². The van der Waals surface area contributed by atoms with Crippen LogP contribution in [-0.4, -0.2) is 79.9 Å². The number of carbonyl (C=O) groups excluding carboxylic acids is 4. The van der Waals surface area contributed by atoms with Gasteiger partial charge in [0.1, 0.15) is 38.2 Å². The van der Waals surface area contributed by atoms with Crippen LogP contribution < -0.4 is 33.1 Å². The predicted octanol–water partition coefficient (Wildman–Crippen LogP) is 5.99. The van der Waals surface area contributed by atoms with Gasteiger partial charge in [0, 0.05) is 44.6 Å². The van der Waals surface area contributed by atoms with Crippen molar-refractivity contribution in [2.45, 2.75) is 90.0 Å². The van der Waals surface area contributed by atoms with E-state index in [4.69, 9.17) is 18.9 Å². The lowest BCUT2D eigenvalue weighted by Crippen LogP contribution is -2.45. The van der Waals surface area contributed by atoms with Gasteiger partial charge in [0.05, 0.1) is 19.8 Å². The average molecular weight is 1220 g/mol. The standard InChI is InChI=1S/C22H26F3N3O6.C15H20INO4.C7H6F3IN2O2/c1-21(2,3)34-19(31)26-14(18(30)33-6)11-12-7-9-13(10-8-12)15-16(22(23,24)25)27(4)20(32)28(5)17(15)29;1-15(2,3)21-14(19)17-12(13(18)20-4)9-10-5-7-11(16)8-6-10;1-12-4(7(8,9)10)3(11)5(14)13(2)6(12)15/h7-10,14H,11H2,1-6H3,(H,26,31);5-8,12H,9H2,1-4H3,(H,17,19);1-2H3. The number of nitrogens with one attached hydrogen (secondary N) is 2. The minimum atomic E-state index is -4.96. The molecule has 26 heteroatoms. The number of hydrogen-bond donors (Lipinski definition) is 2. The van der Waals surface area contributed by atoms with Crippen LogP contribution >= 0.6 is 45.2 Å². The van der Waals surface area contributed by atoms with Gasteiger partial charge in [-0.05, 0) is 116 Å². The van der Waals surface area contributed by atoms with E-state index >= 15 is 0 Å². The van der Waals surface area contributed by atoms with Crippen molar-refractivity contribution < 1.29 is 64.5 Å². The summed E-state index contributed by atoms with van der Waals surface area (Å²) in [6.45, 7) is 10.2. The first-order chi connectivity index (χ1) is 31.9. The zero-order valence-corrected chi connectivity index (χ0v) is 44.2. The third-order valence-corrected chi connectivity index (χ3v) is 10.9. The van der Waals surface area contributed by atoms with Crippen molar-refractivity contribution in [3.63, 3.8) is 0 Å². The number of hydrogen-bond acceptors (Lipinski definition) is 12. The minimum Gasteiger partial charge on any atom is -0.467 e. The van der Waals surface area contributed by atoms with Gasteiger partial charge in [-0.15, -0.1) is 0 Å². The van der Waals surface area contributed by atoms with Gasteiger partial charge in [0.25, 0.3) is 11.1 Å². The SMILES string of the molecule is COC(=O)C(Cc1ccc(-c2c(C(F)(F)F)n(C)c(=O)n(C)c2=O)cc1)NC(=O)OC(C)(C)C.COC(=O)C(Cc1ccc(I)cc1)NC(=O)OC(C)(C)C.Cn1c(C(F)(F)F)c(I)c(=O)n(C)c1=O. The van der Waals surface area contributed by atoms with Crippen LogP contribution in [0.1, 0.15) is 64.1 Å². The largest absolute Gasteiger partial charge is 0.467 e. The topological polar surface area (TPSA) is 217 Å².